The van der Waals surface area contributed by atoms with Gasteiger partial charge in [0.25, 0.3) is 10.1 Å². The van der Waals surface area contributed by atoms with Gasteiger partial charge in [-0.15, -0.1) is 0 Å². The molecule has 314 valence electrons. The molecular weight excluding hydrogens is 745 g/mol. The van der Waals surface area contributed by atoms with Crippen molar-refractivity contribution in [3.63, 3.8) is 0 Å². The van der Waals surface area contributed by atoms with Gasteiger partial charge in [-0.25, -0.2) is 0 Å². The fourth-order valence-corrected chi connectivity index (χ4v) is 7.40. The average Bonchev–Trinajstić information content (AvgIpc) is 3.14. The first kappa shape index (κ1) is 50.1. The zero-order valence-electron chi connectivity index (χ0n) is 33.4. The average molecular weight is 813 g/mol. The number of carbonyl (C=O) groups is 3. The topological polar surface area (TPSA) is 182 Å². The number of para-hydroxylation sites is 1. The van der Waals surface area contributed by atoms with Crippen LogP contribution in [-0.4, -0.2) is 65.3 Å². The van der Waals surface area contributed by atoms with Crippen molar-refractivity contribution >= 4 is 38.0 Å². The van der Waals surface area contributed by atoms with Crippen molar-refractivity contribution in [1.82, 2.24) is 10.6 Å². The van der Waals surface area contributed by atoms with E-state index in [2.05, 4.69) is 28.7 Å². The highest BCUT2D eigenvalue weighted by Crippen LogP contribution is 2.23. The van der Waals surface area contributed by atoms with Gasteiger partial charge in [0.05, 0.1) is 0 Å². The largest absolute Gasteiger partial charge is 0.425 e. The molecule has 2 rings (SSSR count). The Morgan fingerprint density at radius 3 is 1.60 bits per heavy atom. The van der Waals surface area contributed by atoms with Gasteiger partial charge in [0.15, 0.2) is 11.5 Å². The van der Waals surface area contributed by atoms with Crippen LogP contribution in [-0.2, 0) is 38.8 Å². The molecule has 55 heavy (non-hydrogen) atoms. The third-order valence-corrected chi connectivity index (χ3v) is 11.1. The number of benzene rings is 1. The minimum absolute atomic E-state index is 0.00829. The molecule has 0 fully saturated rings. The van der Waals surface area contributed by atoms with Crippen LogP contribution < -0.4 is 15.4 Å². The number of nitrogens with one attached hydrogen (secondary N) is 2. The summed E-state index contributed by atoms with van der Waals surface area (Å²) in [7, 11) is -8.71. The van der Waals surface area contributed by atoms with Gasteiger partial charge in [-0.05, 0) is 82.9 Å². The summed E-state index contributed by atoms with van der Waals surface area (Å²) in [6.07, 6.45) is 26.2. The minimum Gasteiger partial charge on any atom is -0.425 e. The fraction of sp³-hybridized carbons (Fsp3) is 0.683. The Balaban J connectivity index is 0.000000550. The third kappa shape index (κ3) is 25.8. The Bertz CT molecular complexity index is 1510. The standard InChI is InChI=1S/C21H35NO5S.C20H33NO5S/c1-2-3-4-5-6-7-12-17-22-18-13-8-9-16-21(23)27-19-14-10-11-15-20(19)28(24,25)26;1-2-3-4-5-6-11-16-21-17-12-7-8-15-20(23)26-27(24,25)19-14-10-9-13-18(19)22/h10-11,14-15,22H,2-9,12-13,16-18H2,1H3,(H,24,25,26);9-10,14,21H,2-8,11-13,15-17H2,1H3. The Hall–Kier alpha value is -2.91. The zero-order chi connectivity index (χ0) is 40.6. The predicted molar refractivity (Wildman–Crippen MR) is 218 cm³/mol. The molecule has 14 heteroatoms. The van der Waals surface area contributed by atoms with Crippen LogP contribution in [0.1, 0.15) is 155 Å². The number of hydrogen-bond donors (Lipinski definition) is 3. The van der Waals surface area contributed by atoms with Crippen LogP contribution in [0.25, 0.3) is 0 Å². The maximum absolute atomic E-state index is 11.9. The molecule has 1 aliphatic rings. The van der Waals surface area contributed by atoms with Crippen LogP contribution in [0.15, 0.2) is 52.3 Å². The number of Topliss-reactive ketones (excluding diaryl/α,β-unsaturated/α-hetero) is 1. The summed E-state index contributed by atoms with van der Waals surface area (Å²) in [6.45, 7) is 8.35. The molecular formula is C41H68N2O10S2. The van der Waals surface area contributed by atoms with Crippen LogP contribution in [0.2, 0.25) is 0 Å². The third-order valence-electron chi connectivity index (χ3n) is 8.92. The molecule has 0 atom stereocenters. The molecule has 12 nitrogen and oxygen atoms in total. The van der Waals surface area contributed by atoms with E-state index in [0.29, 0.717) is 12.8 Å². The van der Waals surface area contributed by atoms with Crippen molar-refractivity contribution in [2.45, 2.75) is 160 Å². The number of ketones is 1. The molecule has 1 aromatic rings. The first-order valence-corrected chi connectivity index (χ1v) is 23.3. The van der Waals surface area contributed by atoms with E-state index in [-0.39, 0.29) is 25.0 Å². The molecule has 0 amide bonds. The van der Waals surface area contributed by atoms with Gasteiger partial charge in [-0.2, -0.15) is 16.8 Å². The molecule has 0 saturated heterocycles. The summed E-state index contributed by atoms with van der Waals surface area (Å²) in [6, 6.07) is 5.57. The SMILES string of the molecule is CCCCCCCCCNCCCCCC(=O)Oc1ccccc1S(=O)(=O)O.CCCCCCCCNCCCCCC(=O)OS(=O)(=O)C1=CC=CCC1=O. The number of esters is 1. The van der Waals surface area contributed by atoms with Gasteiger partial charge < -0.3 is 19.6 Å². The van der Waals surface area contributed by atoms with Crippen LogP contribution in [0.4, 0.5) is 0 Å². The second kappa shape index (κ2) is 31.2. The number of rotatable bonds is 31. The molecule has 0 heterocycles. The second-order valence-electron chi connectivity index (χ2n) is 13.9. The Morgan fingerprint density at radius 2 is 1.11 bits per heavy atom. The minimum atomic E-state index is -4.41. The Morgan fingerprint density at radius 1 is 0.655 bits per heavy atom. The van der Waals surface area contributed by atoms with E-state index in [1.54, 1.807) is 12.1 Å². The molecule has 0 aromatic heterocycles. The van der Waals surface area contributed by atoms with Crippen molar-refractivity contribution in [3.05, 3.63) is 47.4 Å². The van der Waals surface area contributed by atoms with Crippen molar-refractivity contribution in [1.29, 1.82) is 0 Å². The molecule has 0 unspecified atom stereocenters. The van der Waals surface area contributed by atoms with E-state index in [9.17, 15) is 31.2 Å². The highest BCUT2D eigenvalue weighted by atomic mass is 32.2. The van der Waals surface area contributed by atoms with Crippen molar-refractivity contribution in [3.8, 4) is 5.75 Å². The summed E-state index contributed by atoms with van der Waals surface area (Å²) in [4.78, 5) is 34.4. The summed E-state index contributed by atoms with van der Waals surface area (Å²) >= 11 is 0. The summed E-state index contributed by atoms with van der Waals surface area (Å²) in [5.41, 5.74) is 0. The fourth-order valence-electron chi connectivity index (χ4n) is 5.76. The van der Waals surface area contributed by atoms with Gasteiger partial charge in [0, 0.05) is 19.3 Å². The lowest BCUT2D eigenvalue weighted by Gasteiger charge is -2.09. The second-order valence-corrected chi connectivity index (χ2v) is 16.8. The zero-order valence-corrected chi connectivity index (χ0v) is 35.0. The summed E-state index contributed by atoms with van der Waals surface area (Å²) in [5, 5.41) is 6.82. The number of allylic oxidation sites excluding steroid dienone is 4. The molecule has 0 aliphatic heterocycles. The number of carbonyl (C=O) groups excluding carboxylic acids is 3. The van der Waals surface area contributed by atoms with Gasteiger partial charge in [-0.1, -0.05) is 122 Å². The molecule has 0 bridgehead atoms. The molecule has 0 radical (unpaired) electrons. The molecule has 0 saturated carbocycles. The molecule has 1 aromatic carbocycles. The molecule has 1 aliphatic carbocycles. The van der Waals surface area contributed by atoms with E-state index < -0.39 is 47.8 Å². The van der Waals surface area contributed by atoms with E-state index in [0.717, 1.165) is 51.9 Å². The summed E-state index contributed by atoms with van der Waals surface area (Å²) < 4.78 is 65.2. The maximum Gasteiger partial charge on any atom is 0.345 e. The van der Waals surface area contributed by atoms with Gasteiger partial charge in [-0.3, -0.25) is 18.9 Å². The summed E-state index contributed by atoms with van der Waals surface area (Å²) in [5.74, 6) is -1.99. The van der Waals surface area contributed by atoms with E-state index in [1.165, 1.54) is 114 Å². The van der Waals surface area contributed by atoms with Crippen molar-refractivity contribution in [2.24, 2.45) is 0 Å². The quantitative estimate of drug-likeness (QED) is 0.0214. The highest BCUT2D eigenvalue weighted by molar-refractivity contribution is 7.92. The molecule has 3 N–H and O–H groups in total. The lowest BCUT2D eigenvalue weighted by atomic mass is 10.1. The van der Waals surface area contributed by atoms with Gasteiger partial charge in [0.1, 0.15) is 9.80 Å². The normalized spacial score (nSPS) is 12.9. The lowest BCUT2D eigenvalue weighted by Crippen LogP contribution is -2.20. The van der Waals surface area contributed by atoms with Gasteiger partial charge in [0.2, 0.25) is 0 Å². The predicted octanol–water partition coefficient (Wildman–Crippen LogP) is 8.52. The van der Waals surface area contributed by atoms with Crippen LogP contribution >= 0.6 is 0 Å². The van der Waals surface area contributed by atoms with E-state index in [4.69, 9.17) is 9.29 Å². The van der Waals surface area contributed by atoms with Crippen molar-refractivity contribution < 1.29 is 44.7 Å². The maximum atomic E-state index is 11.9. The first-order valence-electron chi connectivity index (χ1n) is 20.5. The Labute approximate surface area is 331 Å². The van der Waals surface area contributed by atoms with Crippen molar-refractivity contribution in [2.75, 3.05) is 26.2 Å². The number of hydrogen-bond acceptors (Lipinski definition) is 11. The van der Waals surface area contributed by atoms with E-state index in [1.807, 2.05) is 0 Å². The number of unbranched alkanes of at least 4 members (excludes halogenated alkanes) is 15. The lowest BCUT2D eigenvalue weighted by molar-refractivity contribution is -0.135. The Kier molecular flexibility index (Phi) is 28.4. The number of ether oxygens (including phenoxy) is 1. The first-order chi connectivity index (χ1) is 26.4. The highest BCUT2D eigenvalue weighted by Gasteiger charge is 2.28. The van der Waals surface area contributed by atoms with E-state index >= 15 is 0 Å². The van der Waals surface area contributed by atoms with Crippen LogP contribution in [0.5, 0.6) is 5.75 Å². The monoisotopic (exact) mass is 812 g/mol. The smallest absolute Gasteiger partial charge is 0.345 e. The van der Waals surface area contributed by atoms with Crippen LogP contribution in [0.3, 0.4) is 0 Å². The molecule has 0 spiro atoms. The van der Waals surface area contributed by atoms with Crippen LogP contribution in [0, 0.1) is 0 Å². The van der Waals surface area contributed by atoms with Gasteiger partial charge >= 0.3 is 22.1 Å².